The van der Waals surface area contributed by atoms with Crippen LogP contribution < -0.4 is 5.32 Å². The summed E-state index contributed by atoms with van der Waals surface area (Å²) in [5.41, 5.74) is 1.18. The molecule has 2 heterocycles. The number of alkyl halides is 3. The Kier molecular flexibility index (Phi) is 5.61. The Morgan fingerprint density at radius 3 is 2.46 bits per heavy atom. The zero-order valence-electron chi connectivity index (χ0n) is 14.3. The molecule has 1 aromatic carbocycles. The van der Waals surface area contributed by atoms with Crippen molar-refractivity contribution in [3.05, 3.63) is 53.3 Å². The Bertz CT molecular complexity index is 751. The zero-order chi connectivity index (χ0) is 18.6. The average Bonchev–Trinajstić information content (AvgIpc) is 3.25. The molecule has 8 heteroatoms. The zero-order valence-corrected chi connectivity index (χ0v) is 14.3. The summed E-state index contributed by atoms with van der Waals surface area (Å²) >= 11 is 0. The summed E-state index contributed by atoms with van der Waals surface area (Å²) in [6, 6.07) is 8.75. The number of carbonyl (C=O) groups excluding carboxylic acids is 1. The Labute approximate surface area is 149 Å². The van der Waals surface area contributed by atoms with Gasteiger partial charge < -0.3 is 5.32 Å². The van der Waals surface area contributed by atoms with Crippen LogP contribution in [0.3, 0.4) is 0 Å². The third kappa shape index (κ3) is 4.85. The van der Waals surface area contributed by atoms with Gasteiger partial charge in [-0.25, -0.2) is 0 Å². The van der Waals surface area contributed by atoms with Gasteiger partial charge in [-0.2, -0.15) is 18.3 Å². The first kappa shape index (κ1) is 18.4. The van der Waals surface area contributed by atoms with Crippen LogP contribution in [0.1, 0.15) is 29.7 Å². The molecule has 3 rings (SSSR count). The molecule has 0 radical (unpaired) electrons. The molecule has 26 heavy (non-hydrogen) atoms. The number of likely N-dealkylation sites (tertiary alicyclic amines) is 1. The van der Waals surface area contributed by atoms with Crippen LogP contribution in [0.25, 0.3) is 0 Å². The molecule has 0 atom stereocenters. The average molecular weight is 366 g/mol. The molecule has 1 N–H and O–H groups in total. The summed E-state index contributed by atoms with van der Waals surface area (Å²) in [7, 11) is 0. The molecule has 0 aliphatic carbocycles. The predicted molar refractivity (Wildman–Crippen MR) is 90.0 cm³/mol. The van der Waals surface area contributed by atoms with Gasteiger partial charge in [0.05, 0.1) is 0 Å². The van der Waals surface area contributed by atoms with Crippen molar-refractivity contribution in [1.29, 1.82) is 0 Å². The van der Waals surface area contributed by atoms with Gasteiger partial charge in [0, 0.05) is 19.3 Å². The van der Waals surface area contributed by atoms with Gasteiger partial charge in [-0.05, 0) is 43.1 Å². The van der Waals surface area contributed by atoms with Crippen LogP contribution in [0.4, 0.5) is 13.2 Å². The molecule has 5 nitrogen and oxygen atoms in total. The van der Waals surface area contributed by atoms with Crippen molar-refractivity contribution >= 4 is 5.91 Å². The third-order valence-electron chi connectivity index (χ3n) is 4.42. The van der Waals surface area contributed by atoms with E-state index in [0.717, 1.165) is 47.7 Å². The molecule has 1 fully saturated rings. The summed E-state index contributed by atoms with van der Waals surface area (Å²) in [6.45, 7) is 3.11. The SMILES string of the molecule is O=C(Cn1ccc(C(F)(F)F)n1)NCc1ccccc1CN1CCCC1. The van der Waals surface area contributed by atoms with Crippen molar-refractivity contribution in [1.82, 2.24) is 20.0 Å². The fraction of sp³-hybridized carbons (Fsp3) is 0.444. The summed E-state index contributed by atoms with van der Waals surface area (Å²) in [5.74, 6) is -0.377. The minimum absolute atomic E-state index is 0.246. The molecule has 0 unspecified atom stereocenters. The van der Waals surface area contributed by atoms with Gasteiger partial charge in [-0.3, -0.25) is 14.4 Å². The topological polar surface area (TPSA) is 50.2 Å². The maximum Gasteiger partial charge on any atom is 0.435 e. The summed E-state index contributed by atoms with van der Waals surface area (Å²) in [4.78, 5) is 14.4. The quantitative estimate of drug-likeness (QED) is 0.855. The van der Waals surface area contributed by atoms with Crippen LogP contribution in [0.15, 0.2) is 36.5 Å². The number of nitrogens with one attached hydrogen (secondary N) is 1. The van der Waals surface area contributed by atoms with E-state index in [1.165, 1.54) is 12.8 Å². The largest absolute Gasteiger partial charge is 0.435 e. The van der Waals surface area contributed by atoms with Gasteiger partial charge in [0.15, 0.2) is 5.69 Å². The van der Waals surface area contributed by atoms with Crippen LogP contribution in [0.2, 0.25) is 0 Å². The highest BCUT2D eigenvalue weighted by atomic mass is 19.4. The molecule has 0 saturated carbocycles. The van der Waals surface area contributed by atoms with Crippen LogP contribution in [0.5, 0.6) is 0 Å². The number of hydrogen-bond acceptors (Lipinski definition) is 3. The summed E-state index contributed by atoms with van der Waals surface area (Å²) in [5, 5.41) is 6.15. The molecular formula is C18H21F3N4O. The monoisotopic (exact) mass is 366 g/mol. The van der Waals surface area contributed by atoms with Crippen LogP contribution in [0, 0.1) is 0 Å². The number of benzene rings is 1. The molecule has 140 valence electrons. The van der Waals surface area contributed by atoms with E-state index in [1.807, 2.05) is 24.3 Å². The minimum Gasteiger partial charge on any atom is -0.350 e. The second-order valence-corrected chi connectivity index (χ2v) is 6.43. The normalized spacial score (nSPS) is 15.3. The molecule has 1 aliphatic rings. The van der Waals surface area contributed by atoms with E-state index in [1.54, 1.807) is 0 Å². The number of hydrogen-bond donors (Lipinski definition) is 1. The molecule has 1 aliphatic heterocycles. The van der Waals surface area contributed by atoms with E-state index in [4.69, 9.17) is 0 Å². The second kappa shape index (κ2) is 7.90. The van der Waals surface area contributed by atoms with E-state index in [-0.39, 0.29) is 12.5 Å². The molecule has 1 aromatic heterocycles. The molecule has 1 amide bonds. The van der Waals surface area contributed by atoms with Gasteiger partial charge in [0.25, 0.3) is 0 Å². The highest BCUT2D eigenvalue weighted by Crippen LogP contribution is 2.27. The van der Waals surface area contributed by atoms with E-state index in [0.29, 0.717) is 6.54 Å². The fourth-order valence-electron chi connectivity index (χ4n) is 3.06. The van der Waals surface area contributed by atoms with Gasteiger partial charge in [0.2, 0.25) is 5.91 Å². The Hall–Kier alpha value is -2.35. The lowest BCUT2D eigenvalue weighted by Gasteiger charge is -2.17. The van der Waals surface area contributed by atoms with Crippen molar-refractivity contribution < 1.29 is 18.0 Å². The van der Waals surface area contributed by atoms with Gasteiger partial charge >= 0.3 is 6.18 Å². The molecule has 0 bridgehead atoms. The van der Waals surface area contributed by atoms with Crippen LogP contribution >= 0.6 is 0 Å². The summed E-state index contributed by atoms with van der Waals surface area (Å²) < 4.78 is 38.6. The van der Waals surface area contributed by atoms with E-state index < -0.39 is 11.9 Å². The first-order valence-corrected chi connectivity index (χ1v) is 8.58. The van der Waals surface area contributed by atoms with Crippen molar-refractivity contribution in [3.8, 4) is 0 Å². The van der Waals surface area contributed by atoms with Gasteiger partial charge in [-0.1, -0.05) is 24.3 Å². The van der Waals surface area contributed by atoms with Crippen molar-refractivity contribution in [2.24, 2.45) is 0 Å². The first-order chi connectivity index (χ1) is 12.4. The van der Waals surface area contributed by atoms with Crippen LogP contribution in [-0.4, -0.2) is 33.7 Å². The molecule has 2 aromatic rings. The van der Waals surface area contributed by atoms with Crippen molar-refractivity contribution in [3.63, 3.8) is 0 Å². The van der Waals surface area contributed by atoms with E-state index in [9.17, 15) is 18.0 Å². The number of amides is 1. The van der Waals surface area contributed by atoms with E-state index in [2.05, 4.69) is 15.3 Å². The second-order valence-electron chi connectivity index (χ2n) is 6.43. The summed E-state index contributed by atoms with van der Waals surface area (Å²) in [6.07, 6.45) is -0.925. The molecule has 0 spiro atoms. The smallest absolute Gasteiger partial charge is 0.350 e. The minimum atomic E-state index is -4.50. The number of aromatic nitrogens is 2. The van der Waals surface area contributed by atoms with Gasteiger partial charge in [-0.15, -0.1) is 0 Å². The predicted octanol–water partition coefficient (Wildman–Crippen LogP) is 2.81. The fourth-order valence-corrected chi connectivity index (χ4v) is 3.06. The molecule has 1 saturated heterocycles. The van der Waals surface area contributed by atoms with Crippen molar-refractivity contribution in [2.75, 3.05) is 13.1 Å². The Morgan fingerprint density at radius 1 is 1.12 bits per heavy atom. The lowest BCUT2D eigenvalue weighted by atomic mass is 10.1. The van der Waals surface area contributed by atoms with Gasteiger partial charge in [0.1, 0.15) is 6.54 Å². The lowest BCUT2D eigenvalue weighted by molar-refractivity contribution is -0.141. The number of carbonyl (C=O) groups is 1. The Morgan fingerprint density at radius 2 is 1.81 bits per heavy atom. The first-order valence-electron chi connectivity index (χ1n) is 8.58. The van der Waals surface area contributed by atoms with Crippen LogP contribution in [-0.2, 0) is 30.6 Å². The number of nitrogens with zero attached hydrogens (tertiary/aromatic N) is 3. The lowest BCUT2D eigenvalue weighted by Crippen LogP contribution is -2.28. The maximum absolute atomic E-state index is 12.5. The van der Waals surface area contributed by atoms with E-state index >= 15 is 0 Å². The number of halogens is 3. The van der Waals surface area contributed by atoms with Crippen molar-refractivity contribution in [2.45, 2.75) is 38.7 Å². The Balaban J connectivity index is 1.55. The number of rotatable bonds is 6. The maximum atomic E-state index is 12.5. The molecular weight excluding hydrogens is 345 g/mol. The standard InChI is InChI=1S/C18H21F3N4O/c19-18(20,21)16-7-10-25(23-16)13-17(26)22-11-14-5-1-2-6-15(14)12-24-8-3-4-9-24/h1-2,5-7,10H,3-4,8-9,11-13H2,(H,22,26). The third-order valence-corrected chi connectivity index (χ3v) is 4.42. The highest BCUT2D eigenvalue weighted by Gasteiger charge is 2.33. The highest BCUT2D eigenvalue weighted by molar-refractivity contribution is 5.75.